The number of carbonyl (C=O) groups is 2. The van der Waals surface area contributed by atoms with E-state index < -0.39 is 0 Å². The molecule has 3 rings (SSSR count). The quantitative estimate of drug-likeness (QED) is 0.628. The first-order chi connectivity index (χ1) is 12.2. The molecule has 0 aromatic heterocycles. The summed E-state index contributed by atoms with van der Waals surface area (Å²) >= 11 is 0. The fourth-order valence-corrected chi connectivity index (χ4v) is 2.68. The molecule has 0 unspecified atom stereocenters. The van der Waals surface area contributed by atoms with Gasteiger partial charge in [-0.1, -0.05) is 0 Å². The number of rotatable bonds is 8. The topological polar surface area (TPSA) is 101 Å². The van der Waals surface area contributed by atoms with Gasteiger partial charge in [0.15, 0.2) is 11.5 Å². The number of ether oxygens (including phenoxy) is 3. The van der Waals surface area contributed by atoms with Gasteiger partial charge in [-0.3, -0.25) is 9.69 Å². The fraction of sp³-hybridized carbons (Fsp3) is 0.500. The number of anilines is 1. The third kappa shape index (κ3) is 4.12. The molecule has 2 heterocycles. The summed E-state index contributed by atoms with van der Waals surface area (Å²) in [5.74, 6) is 1.04. The third-order valence-corrected chi connectivity index (χ3v) is 3.90. The van der Waals surface area contributed by atoms with Crippen LogP contribution in [-0.2, 0) is 9.53 Å². The van der Waals surface area contributed by atoms with Crippen LogP contribution in [0.5, 0.6) is 11.5 Å². The predicted octanol–water partition coefficient (Wildman–Crippen LogP) is -0.218. The molecule has 0 saturated carbocycles. The molecule has 0 spiro atoms. The molecule has 0 aliphatic carbocycles. The molecule has 2 aliphatic rings. The molecule has 9 nitrogen and oxygen atoms in total. The van der Waals surface area contributed by atoms with Crippen LogP contribution in [0.4, 0.5) is 10.5 Å². The van der Waals surface area contributed by atoms with Crippen LogP contribution in [0.2, 0.25) is 0 Å². The molecule has 0 bridgehead atoms. The summed E-state index contributed by atoms with van der Waals surface area (Å²) in [7, 11) is 0. The highest BCUT2D eigenvalue weighted by molar-refractivity contribution is 5.96. The van der Waals surface area contributed by atoms with Crippen molar-refractivity contribution in [2.24, 2.45) is 0 Å². The Kier molecular flexibility index (Phi) is 5.56. The zero-order valence-electron chi connectivity index (χ0n) is 13.8. The van der Waals surface area contributed by atoms with Crippen molar-refractivity contribution in [3.05, 3.63) is 18.2 Å². The molecule has 1 aromatic carbocycles. The molecule has 1 aromatic rings. The number of carbonyl (C=O) groups excluding carboxylic acids is 2. The Morgan fingerprint density at radius 1 is 1.24 bits per heavy atom. The minimum atomic E-state index is -0.242. The first-order valence-corrected chi connectivity index (χ1v) is 8.10. The number of benzene rings is 1. The average molecular weight is 351 g/mol. The molecule has 1 fully saturated rings. The number of nitrogens with one attached hydrogen (secondary N) is 1. The standard InChI is InChI=1S/C16H21N3O6/c20-6-8-23-7-3-17-15(21)10-18-4-5-19(16(18)22)12-1-2-13-14(9-12)25-11-24-13/h1-2,9,20H,3-8,10-11H2,(H,17,21). The molecule has 3 amide bonds. The van der Waals surface area contributed by atoms with Crippen LogP contribution in [0.25, 0.3) is 0 Å². The lowest BCUT2D eigenvalue weighted by atomic mass is 10.2. The number of aliphatic hydroxyl groups is 1. The molecule has 2 aliphatic heterocycles. The Balaban J connectivity index is 1.49. The van der Waals surface area contributed by atoms with Crippen LogP contribution in [0.3, 0.4) is 0 Å². The van der Waals surface area contributed by atoms with Crippen molar-refractivity contribution in [2.75, 3.05) is 57.7 Å². The van der Waals surface area contributed by atoms with Crippen LogP contribution in [0, 0.1) is 0 Å². The summed E-state index contributed by atoms with van der Waals surface area (Å²) in [4.78, 5) is 27.5. The summed E-state index contributed by atoms with van der Waals surface area (Å²) in [5, 5.41) is 11.3. The van der Waals surface area contributed by atoms with Crippen LogP contribution >= 0.6 is 0 Å². The van der Waals surface area contributed by atoms with Crippen LogP contribution < -0.4 is 19.7 Å². The van der Waals surface area contributed by atoms with Crippen LogP contribution in [-0.4, -0.2) is 74.7 Å². The van der Waals surface area contributed by atoms with E-state index in [-0.39, 0.29) is 38.5 Å². The largest absolute Gasteiger partial charge is 0.454 e. The molecular formula is C16H21N3O6. The van der Waals surface area contributed by atoms with Gasteiger partial charge in [-0.25, -0.2) is 4.79 Å². The van der Waals surface area contributed by atoms with Crippen molar-refractivity contribution in [1.82, 2.24) is 10.2 Å². The van der Waals surface area contributed by atoms with Gasteiger partial charge in [0.05, 0.1) is 19.8 Å². The highest BCUT2D eigenvalue weighted by Gasteiger charge is 2.31. The number of hydrogen-bond acceptors (Lipinski definition) is 6. The Morgan fingerprint density at radius 2 is 2.08 bits per heavy atom. The Bertz CT molecular complexity index is 638. The zero-order valence-corrected chi connectivity index (χ0v) is 13.8. The van der Waals surface area contributed by atoms with Gasteiger partial charge in [-0.2, -0.15) is 0 Å². The second-order valence-electron chi connectivity index (χ2n) is 5.58. The molecule has 9 heteroatoms. The first-order valence-electron chi connectivity index (χ1n) is 8.10. The highest BCUT2D eigenvalue weighted by atomic mass is 16.7. The number of amides is 3. The lowest BCUT2D eigenvalue weighted by Gasteiger charge is -2.18. The Hall–Kier alpha value is -2.52. The van der Waals surface area contributed by atoms with Gasteiger partial charge in [-0.15, -0.1) is 0 Å². The Labute approximate surface area is 145 Å². The molecule has 0 radical (unpaired) electrons. The van der Waals surface area contributed by atoms with E-state index >= 15 is 0 Å². The maximum Gasteiger partial charge on any atom is 0.325 e. The molecule has 0 atom stereocenters. The maximum absolute atomic E-state index is 12.5. The second kappa shape index (κ2) is 8.04. The molecule has 136 valence electrons. The smallest absolute Gasteiger partial charge is 0.325 e. The zero-order chi connectivity index (χ0) is 17.6. The van der Waals surface area contributed by atoms with Crippen LogP contribution in [0.1, 0.15) is 0 Å². The fourth-order valence-electron chi connectivity index (χ4n) is 2.68. The van der Waals surface area contributed by atoms with E-state index in [4.69, 9.17) is 19.3 Å². The summed E-state index contributed by atoms with van der Waals surface area (Å²) in [5.41, 5.74) is 0.717. The van der Waals surface area contributed by atoms with E-state index in [2.05, 4.69) is 5.32 Å². The lowest BCUT2D eigenvalue weighted by Crippen LogP contribution is -2.40. The number of urea groups is 1. The predicted molar refractivity (Wildman–Crippen MR) is 87.8 cm³/mol. The van der Waals surface area contributed by atoms with Crippen molar-refractivity contribution >= 4 is 17.6 Å². The number of nitrogens with zero attached hydrogens (tertiary/aromatic N) is 2. The van der Waals surface area contributed by atoms with E-state index in [1.54, 1.807) is 23.1 Å². The van der Waals surface area contributed by atoms with Gasteiger partial charge < -0.3 is 29.5 Å². The second-order valence-corrected chi connectivity index (χ2v) is 5.58. The third-order valence-electron chi connectivity index (χ3n) is 3.90. The van der Waals surface area contributed by atoms with Gasteiger partial charge >= 0.3 is 6.03 Å². The highest BCUT2D eigenvalue weighted by Crippen LogP contribution is 2.36. The summed E-state index contributed by atoms with van der Waals surface area (Å²) < 4.78 is 15.7. The summed E-state index contributed by atoms with van der Waals surface area (Å²) in [6, 6.07) is 5.12. The molecule has 1 saturated heterocycles. The van der Waals surface area contributed by atoms with E-state index in [0.29, 0.717) is 37.7 Å². The molecular weight excluding hydrogens is 330 g/mol. The first kappa shape index (κ1) is 17.3. The summed E-state index contributed by atoms with van der Waals surface area (Å²) in [6.07, 6.45) is 0. The minimum absolute atomic E-state index is 0.000114. The van der Waals surface area contributed by atoms with Gasteiger partial charge in [-0.05, 0) is 12.1 Å². The van der Waals surface area contributed by atoms with Gasteiger partial charge in [0.25, 0.3) is 0 Å². The minimum Gasteiger partial charge on any atom is -0.454 e. The van der Waals surface area contributed by atoms with E-state index in [9.17, 15) is 9.59 Å². The lowest BCUT2D eigenvalue weighted by molar-refractivity contribution is -0.121. The van der Waals surface area contributed by atoms with E-state index in [1.165, 1.54) is 4.90 Å². The normalized spacial score (nSPS) is 15.8. The average Bonchev–Trinajstić information content (AvgIpc) is 3.21. The Morgan fingerprint density at radius 3 is 2.92 bits per heavy atom. The van der Waals surface area contributed by atoms with Crippen molar-refractivity contribution in [2.45, 2.75) is 0 Å². The van der Waals surface area contributed by atoms with Crippen molar-refractivity contribution < 1.29 is 28.9 Å². The molecule has 25 heavy (non-hydrogen) atoms. The van der Waals surface area contributed by atoms with Crippen molar-refractivity contribution in [1.29, 1.82) is 0 Å². The SMILES string of the molecule is O=C(CN1CCN(c2ccc3c(c2)OCO3)C1=O)NCCOCCO. The van der Waals surface area contributed by atoms with Gasteiger partial charge in [0.1, 0.15) is 6.54 Å². The van der Waals surface area contributed by atoms with Crippen LogP contribution in [0.15, 0.2) is 18.2 Å². The van der Waals surface area contributed by atoms with E-state index in [0.717, 1.165) is 5.69 Å². The van der Waals surface area contributed by atoms with Crippen molar-refractivity contribution in [3.63, 3.8) is 0 Å². The van der Waals surface area contributed by atoms with Gasteiger partial charge in [0.2, 0.25) is 12.7 Å². The summed E-state index contributed by atoms with van der Waals surface area (Å²) in [6.45, 7) is 2.02. The monoisotopic (exact) mass is 351 g/mol. The maximum atomic E-state index is 12.5. The number of fused-ring (bicyclic) bond motifs is 1. The number of aliphatic hydroxyl groups excluding tert-OH is 1. The number of hydrogen-bond donors (Lipinski definition) is 2. The van der Waals surface area contributed by atoms with E-state index in [1.807, 2.05) is 0 Å². The van der Waals surface area contributed by atoms with Crippen molar-refractivity contribution in [3.8, 4) is 11.5 Å². The molecule has 2 N–H and O–H groups in total. The van der Waals surface area contributed by atoms with Gasteiger partial charge in [0, 0.05) is 31.4 Å².